The van der Waals surface area contributed by atoms with Gasteiger partial charge in [-0.15, -0.1) is 0 Å². The minimum atomic E-state index is -0.664. The van der Waals surface area contributed by atoms with E-state index < -0.39 is 18.0 Å². The molecule has 0 aliphatic carbocycles. The quantitative estimate of drug-likeness (QED) is 0.783. The highest BCUT2D eigenvalue weighted by Crippen LogP contribution is 2.25. The number of urea groups is 1. The van der Waals surface area contributed by atoms with E-state index in [2.05, 4.69) is 10.6 Å². The molecule has 5 nitrogen and oxygen atoms in total. The van der Waals surface area contributed by atoms with Crippen LogP contribution in [0.1, 0.15) is 27.7 Å². The maximum Gasteiger partial charge on any atom is 0.319 e. The molecule has 0 radical (unpaired) electrons. The predicted molar refractivity (Wildman–Crippen MR) is 80.1 cm³/mol. The highest BCUT2D eigenvalue weighted by molar-refractivity contribution is 5.90. The summed E-state index contributed by atoms with van der Waals surface area (Å²) in [6.07, 6.45) is -0.664. The molecule has 1 rings (SSSR count). The maximum absolute atomic E-state index is 13.2. The van der Waals surface area contributed by atoms with Crippen molar-refractivity contribution >= 4 is 11.7 Å². The number of benzene rings is 1. The Morgan fingerprint density at radius 1 is 1.43 bits per heavy atom. The Morgan fingerprint density at radius 3 is 2.67 bits per heavy atom. The molecule has 21 heavy (non-hydrogen) atoms. The molecule has 1 unspecified atom stereocenters. The van der Waals surface area contributed by atoms with Crippen molar-refractivity contribution in [1.29, 1.82) is 0 Å². The minimum Gasteiger partial charge on any atom is -0.492 e. The summed E-state index contributed by atoms with van der Waals surface area (Å²) in [5.74, 6) is -0.170. The van der Waals surface area contributed by atoms with E-state index in [0.29, 0.717) is 12.3 Å². The number of amides is 2. The van der Waals surface area contributed by atoms with Crippen molar-refractivity contribution < 1.29 is 19.0 Å². The van der Waals surface area contributed by atoms with Crippen molar-refractivity contribution in [2.45, 2.75) is 33.8 Å². The molecule has 0 bridgehead atoms. The molecule has 0 aliphatic heterocycles. The molecule has 0 spiro atoms. The van der Waals surface area contributed by atoms with Crippen molar-refractivity contribution in [1.82, 2.24) is 5.32 Å². The van der Waals surface area contributed by atoms with Gasteiger partial charge in [-0.05, 0) is 24.5 Å². The second-order valence-electron chi connectivity index (χ2n) is 5.79. The first kappa shape index (κ1) is 17.2. The van der Waals surface area contributed by atoms with Crippen LogP contribution in [0.3, 0.4) is 0 Å². The van der Waals surface area contributed by atoms with Crippen LogP contribution in [0, 0.1) is 11.2 Å². The molecule has 1 aromatic rings. The molecule has 0 saturated heterocycles. The number of anilines is 1. The van der Waals surface area contributed by atoms with E-state index in [0.717, 1.165) is 0 Å². The Labute approximate surface area is 124 Å². The fourth-order valence-corrected chi connectivity index (χ4v) is 1.54. The van der Waals surface area contributed by atoms with Crippen LogP contribution in [0.4, 0.5) is 14.9 Å². The van der Waals surface area contributed by atoms with Crippen molar-refractivity contribution in [2.75, 3.05) is 18.5 Å². The molecular weight excluding hydrogens is 275 g/mol. The number of carbonyl (C=O) groups is 1. The van der Waals surface area contributed by atoms with E-state index in [1.165, 1.54) is 18.2 Å². The SMILES string of the molecule is CCOc1cc(F)ccc1NC(=O)NCC(O)C(C)(C)C. The van der Waals surface area contributed by atoms with E-state index in [-0.39, 0.29) is 17.7 Å². The monoisotopic (exact) mass is 298 g/mol. The zero-order valence-corrected chi connectivity index (χ0v) is 12.9. The Kier molecular flexibility index (Phi) is 5.96. The number of nitrogens with one attached hydrogen (secondary N) is 2. The maximum atomic E-state index is 13.2. The lowest BCUT2D eigenvalue weighted by atomic mass is 9.89. The van der Waals surface area contributed by atoms with E-state index in [1.54, 1.807) is 6.92 Å². The zero-order chi connectivity index (χ0) is 16.0. The van der Waals surface area contributed by atoms with E-state index >= 15 is 0 Å². The van der Waals surface area contributed by atoms with Crippen LogP contribution in [0.2, 0.25) is 0 Å². The lowest BCUT2D eigenvalue weighted by molar-refractivity contribution is 0.0654. The number of carbonyl (C=O) groups excluding carboxylic acids is 1. The van der Waals surface area contributed by atoms with Crippen LogP contribution in [0.5, 0.6) is 5.75 Å². The standard InChI is InChI=1S/C15H23FN2O3/c1-5-21-12-8-10(16)6-7-11(12)18-14(20)17-9-13(19)15(2,3)4/h6-8,13,19H,5,9H2,1-4H3,(H2,17,18,20). The van der Waals surface area contributed by atoms with Gasteiger partial charge in [0.15, 0.2) is 0 Å². The molecule has 1 atom stereocenters. The second-order valence-corrected chi connectivity index (χ2v) is 5.79. The summed E-state index contributed by atoms with van der Waals surface area (Å²) in [5.41, 5.74) is 0.0561. The first-order valence-electron chi connectivity index (χ1n) is 6.89. The van der Waals surface area contributed by atoms with Crippen LogP contribution in [-0.2, 0) is 0 Å². The van der Waals surface area contributed by atoms with Crippen LogP contribution in [0.15, 0.2) is 18.2 Å². The molecule has 0 aromatic heterocycles. The van der Waals surface area contributed by atoms with Crippen LogP contribution in [-0.4, -0.2) is 30.4 Å². The number of aliphatic hydroxyl groups is 1. The lowest BCUT2D eigenvalue weighted by Gasteiger charge is -2.26. The first-order valence-corrected chi connectivity index (χ1v) is 6.89. The highest BCUT2D eigenvalue weighted by atomic mass is 19.1. The Balaban J connectivity index is 2.63. The van der Waals surface area contributed by atoms with Gasteiger partial charge in [-0.3, -0.25) is 0 Å². The summed E-state index contributed by atoms with van der Waals surface area (Å²) in [6, 6.07) is 3.40. The first-order chi connectivity index (χ1) is 9.74. The molecule has 0 saturated carbocycles. The molecule has 2 amide bonds. The number of aliphatic hydroxyl groups excluding tert-OH is 1. The lowest BCUT2D eigenvalue weighted by Crippen LogP contribution is -2.40. The zero-order valence-electron chi connectivity index (χ0n) is 12.9. The number of hydrogen-bond donors (Lipinski definition) is 3. The summed E-state index contributed by atoms with van der Waals surface area (Å²) in [4.78, 5) is 11.8. The third kappa shape index (κ3) is 5.59. The van der Waals surface area contributed by atoms with Gasteiger partial charge in [0.05, 0.1) is 18.4 Å². The summed E-state index contributed by atoms with van der Waals surface area (Å²) in [5, 5.41) is 15.0. The third-order valence-electron chi connectivity index (χ3n) is 2.95. The predicted octanol–water partition coefficient (Wildman–Crippen LogP) is 2.75. The Morgan fingerprint density at radius 2 is 2.10 bits per heavy atom. The van der Waals surface area contributed by atoms with Gasteiger partial charge >= 0.3 is 6.03 Å². The summed E-state index contributed by atoms with van der Waals surface area (Å²) in [6.45, 7) is 7.90. The van der Waals surface area contributed by atoms with Gasteiger partial charge in [0.2, 0.25) is 0 Å². The molecule has 118 valence electrons. The second kappa shape index (κ2) is 7.26. The van der Waals surface area contributed by atoms with Crippen molar-refractivity contribution in [3.8, 4) is 5.75 Å². The third-order valence-corrected chi connectivity index (χ3v) is 2.95. The number of hydrogen-bond acceptors (Lipinski definition) is 3. The van der Waals surface area contributed by atoms with Crippen LogP contribution < -0.4 is 15.4 Å². The molecule has 6 heteroatoms. The summed E-state index contributed by atoms with van der Waals surface area (Å²) < 4.78 is 18.4. The van der Waals surface area contributed by atoms with Gasteiger partial charge in [0, 0.05) is 12.6 Å². The summed E-state index contributed by atoms with van der Waals surface area (Å²) in [7, 11) is 0. The smallest absolute Gasteiger partial charge is 0.319 e. The average Bonchev–Trinajstić information content (AvgIpc) is 2.38. The van der Waals surface area contributed by atoms with Crippen molar-refractivity contribution in [3.05, 3.63) is 24.0 Å². The Hall–Kier alpha value is -1.82. The van der Waals surface area contributed by atoms with Crippen LogP contribution in [0.25, 0.3) is 0 Å². The molecule has 0 fully saturated rings. The van der Waals surface area contributed by atoms with E-state index in [1.807, 2.05) is 20.8 Å². The normalized spacial score (nSPS) is 12.7. The Bertz CT molecular complexity index is 486. The fourth-order valence-electron chi connectivity index (χ4n) is 1.54. The largest absolute Gasteiger partial charge is 0.492 e. The highest BCUT2D eigenvalue weighted by Gasteiger charge is 2.22. The number of halogens is 1. The molecule has 0 aliphatic rings. The number of rotatable bonds is 5. The van der Waals surface area contributed by atoms with E-state index in [9.17, 15) is 14.3 Å². The molecule has 1 aromatic carbocycles. The van der Waals surface area contributed by atoms with E-state index in [4.69, 9.17) is 4.74 Å². The van der Waals surface area contributed by atoms with Gasteiger partial charge in [-0.1, -0.05) is 20.8 Å². The van der Waals surface area contributed by atoms with Gasteiger partial charge in [-0.25, -0.2) is 9.18 Å². The molecular formula is C15H23FN2O3. The molecule has 0 heterocycles. The van der Waals surface area contributed by atoms with Gasteiger partial charge in [0.25, 0.3) is 0 Å². The fraction of sp³-hybridized carbons (Fsp3) is 0.533. The van der Waals surface area contributed by atoms with Crippen LogP contribution >= 0.6 is 0 Å². The van der Waals surface area contributed by atoms with Gasteiger partial charge < -0.3 is 20.5 Å². The van der Waals surface area contributed by atoms with Crippen molar-refractivity contribution in [3.63, 3.8) is 0 Å². The van der Waals surface area contributed by atoms with Crippen molar-refractivity contribution in [2.24, 2.45) is 5.41 Å². The average molecular weight is 298 g/mol. The van der Waals surface area contributed by atoms with Gasteiger partial charge in [0.1, 0.15) is 11.6 Å². The molecule has 3 N–H and O–H groups in total. The summed E-state index contributed by atoms with van der Waals surface area (Å²) >= 11 is 0. The minimum absolute atomic E-state index is 0.125. The topological polar surface area (TPSA) is 70.6 Å². The number of ether oxygens (including phenoxy) is 1. The van der Waals surface area contributed by atoms with Gasteiger partial charge in [-0.2, -0.15) is 0 Å².